The van der Waals surface area contributed by atoms with Crippen LogP contribution in [0.3, 0.4) is 0 Å². The van der Waals surface area contributed by atoms with E-state index in [1.54, 1.807) is 18.4 Å². The summed E-state index contributed by atoms with van der Waals surface area (Å²) in [7, 11) is 1.65. The first-order chi connectivity index (χ1) is 15.0. The van der Waals surface area contributed by atoms with E-state index in [4.69, 9.17) is 9.72 Å². The Balaban J connectivity index is 1.41. The van der Waals surface area contributed by atoms with Crippen molar-refractivity contribution >= 4 is 34.0 Å². The summed E-state index contributed by atoms with van der Waals surface area (Å²) >= 11 is 1.73. The first kappa shape index (κ1) is 21.6. The van der Waals surface area contributed by atoms with Gasteiger partial charge in [0, 0.05) is 35.7 Å². The number of benzene rings is 1. The molecule has 1 aliphatic heterocycles. The van der Waals surface area contributed by atoms with Gasteiger partial charge in [0.15, 0.2) is 0 Å². The van der Waals surface area contributed by atoms with E-state index in [0.717, 1.165) is 60.8 Å². The van der Waals surface area contributed by atoms with Crippen LogP contribution in [0.4, 0.5) is 5.82 Å². The highest BCUT2D eigenvalue weighted by atomic mass is 32.1. The van der Waals surface area contributed by atoms with Crippen molar-refractivity contribution in [3.05, 3.63) is 45.9 Å². The van der Waals surface area contributed by atoms with Crippen LogP contribution in [0.1, 0.15) is 49.0 Å². The zero-order valence-electron chi connectivity index (χ0n) is 18.6. The van der Waals surface area contributed by atoms with Gasteiger partial charge in [-0.05, 0) is 44.4 Å². The first-order valence-corrected chi connectivity index (χ1v) is 11.8. The second-order valence-electron chi connectivity index (χ2n) is 8.13. The fraction of sp³-hybridized carbons (Fsp3) is 0.458. The Kier molecular flexibility index (Phi) is 6.41. The summed E-state index contributed by atoms with van der Waals surface area (Å²) in [5.41, 5.74) is 2.12. The van der Waals surface area contributed by atoms with Crippen molar-refractivity contribution < 1.29 is 9.53 Å². The molecule has 0 saturated carbocycles. The van der Waals surface area contributed by atoms with E-state index in [-0.39, 0.29) is 17.9 Å². The molecule has 0 spiro atoms. The van der Waals surface area contributed by atoms with E-state index in [2.05, 4.69) is 34.4 Å². The fourth-order valence-corrected chi connectivity index (χ4v) is 4.96. The molecule has 1 aromatic carbocycles. The molecule has 3 heterocycles. The molecule has 6 nitrogen and oxygen atoms in total. The second kappa shape index (κ2) is 9.22. The minimum absolute atomic E-state index is 0.0292. The lowest BCUT2D eigenvalue weighted by atomic mass is 9.95. The molecule has 164 valence electrons. The summed E-state index contributed by atoms with van der Waals surface area (Å²) in [6.07, 6.45) is 2.48. The van der Waals surface area contributed by atoms with Gasteiger partial charge in [-0.1, -0.05) is 19.1 Å². The van der Waals surface area contributed by atoms with Gasteiger partial charge in [0.1, 0.15) is 17.4 Å². The maximum atomic E-state index is 12.9. The van der Waals surface area contributed by atoms with Gasteiger partial charge >= 0.3 is 0 Å². The van der Waals surface area contributed by atoms with Gasteiger partial charge in [-0.2, -0.15) is 0 Å². The molecule has 2 aromatic heterocycles. The van der Waals surface area contributed by atoms with E-state index in [0.29, 0.717) is 0 Å². The van der Waals surface area contributed by atoms with Crippen LogP contribution in [0.5, 0.6) is 5.75 Å². The van der Waals surface area contributed by atoms with Gasteiger partial charge in [-0.25, -0.2) is 9.97 Å². The molecule has 0 radical (unpaired) electrons. The molecule has 0 bridgehead atoms. The Bertz CT molecular complexity index is 1060. The number of hydrogen-bond donors (Lipinski definition) is 1. The minimum atomic E-state index is -0.0292. The summed E-state index contributed by atoms with van der Waals surface area (Å²) in [5, 5.41) is 6.47. The van der Waals surface area contributed by atoms with Crippen LogP contribution in [0, 0.1) is 12.8 Å². The van der Waals surface area contributed by atoms with Crippen molar-refractivity contribution in [2.24, 2.45) is 5.92 Å². The molecule has 3 aromatic rings. The molecular formula is C24H30N4O2S. The third-order valence-corrected chi connectivity index (χ3v) is 7.02. The molecule has 0 aliphatic carbocycles. The molecular weight excluding hydrogens is 408 g/mol. The van der Waals surface area contributed by atoms with Crippen molar-refractivity contribution in [1.82, 2.24) is 15.3 Å². The highest BCUT2D eigenvalue weighted by Gasteiger charge is 2.28. The second-order valence-corrected chi connectivity index (χ2v) is 9.22. The van der Waals surface area contributed by atoms with Crippen LogP contribution >= 0.6 is 11.3 Å². The monoisotopic (exact) mass is 438 g/mol. The number of nitrogens with zero attached hydrogens (tertiary/aromatic N) is 3. The largest absolute Gasteiger partial charge is 0.497 e. The number of amides is 1. The summed E-state index contributed by atoms with van der Waals surface area (Å²) < 4.78 is 5.21. The number of methoxy groups -OCH3 is 1. The third-order valence-electron chi connectivity index (χ3n) is 6.12. The average molecular weight is 439 g/mol. The van der Waals surface area contributed by atoms with E-state index in [1.165, 1.54) is 10.3 Å². The van der Waals surface area contributed by atoms with Gasteiger partial charge in [0.25, 0.3) is 0 Å². The van der Waals surface area contributed by atoms with Crippen molar-refractivity contribution in [3.63, 3.8) is 0 Å². The maximum Gasteiger partial charge on any atom is 0.223 e. The average Bonchev–Trinajstić information content (AvgIpc) is 3.19. The summed E-state index contributed by atoms with van der Waals surface area (Å²) in [6.45, 7) is 7.91. The van der Waals surface area contributed by atoms with Gasteiger partial charge in [-0.15, -0.1) is 11.3 Å². The number of rotatable bonds is 6. The van der Waals surface area contributed by atoms with Crippen LogP contribution in [-0.4, -0.2) is 36.1 Å². The lowest BCUT2D eigenvalue weighted by Crippen LogP contribution is -2.41. The predicted molar refractivity (Wildman–Crippen MR) is 126 cm³/mol. The number of nitrogens with one attached hydrogen (secondary N) is 1. The highest BCUT2D eigenvalue weighted by molar-refractivity contribution is 7.11. The van der Waals surface area contributed by atoms with Crippen molar-refractivity contribution in [2.45, 2.75) is 46.1 Å². The Hall–Kier alpha value is -2.67. The molecule has 4 rings (SSSR count). The first-order valence-electron chi connectivity index (χ1n) is 10.9. The zero-order chi connectivity index (χ0) is 22.0. The minimum Gasteiger partial charge on any atom is -0.497 e. The van der Waals surface area contributed by atoms with E-state index in [9.17, 15) is 4.79 Å². The smallest absolute Gasteiger partial charge is 0.223 e. The lowest BCUT2D eigenvalue weighted by Gasteiger charge is -2.33. The van der Waals surface area contributed by atoms with Crippen molar-refractivity contribution in [1.29, 1.82) is 0 Å². The van der Waals surface area contributed by atoms with Crippen LogP contribution in [-0.2, 0) is 11.2 Å². The number of carbonyl (C=O) groups is 1. The molecule has 1 amide bonds. The predicted octanol–water partition coefficient (Wildman–Crippen LogP) is 4.66. The van der Waals surface area contributed by atoms with E-state index >= 15 is 0 Å². The summed E-state index contributed by atoms with van der Waals surface area (Å²) in [4.78, 5) is 26.0. The van der Waals surface area contributed by atoms with Crippen LogP contribution < -0.4 is 15.0 Å². The number of ether oxygens (including phenoxy) is 1. The number of thiophene rings is 1. The molecule has 1 N–H and O–H groups in total. The number of anilines is 1. The molecule has 1 saturated heterocycles. The Morgan fingerprint density at radius 2 is 1.97 bits per heavy atom. The van der Waals surface area contributed by atoms with E-state index < -0.39 is 0 Å². The molecule has 1 aliphatic rings. The molecule has 0 unspecified atom stereocenters. The zero-order valence-corrected chi connectivity index (χ0v) is 19.5. The van der Waals surface area contributed by atoms with Gasteiger partial charge in [-0.3, -0.25) is 4.79 Å². The summed E-state index contributed by atoms with van der Waals surface area (Å²) in [5.74, 6) is 2.90. The number of aromatic nitrogens is 2. The number of hydrogen-bond acceptors (Lipinski definition) is 6. The third kappa shape index (κ3) is 4.51. The quantitative estimate of drug-likeness (QED) is 0.606. The topological polar surface area (TPSA) is 67.4 Å². The van der Waals surface area contributed by atoms with Gasteiger partial charge in [0.05, 0.1) is 24.1 Å². The lowest BCUT2D eigenvalue weighted by molar-refractivity contribution is -0.126. The van der Waals surface area contributed by atoms with E-state index in [1.807, 2.05) is 31.2 Å². The molecule has 7 heteroatoms. The SMILES string of the molecule is CCc1nc(N2CCC(C(=O)N[C@@H](C)c3ccc(OC)cc3)CC2)c2c(C)scc2n1. The molecule has 31 heavy (non-hydrogen) atoms. The Labute approximate surface area is 187 Å². The van der Waals surface area contributed by atoms with Crippen molar-refractivity contribution in [2.75, 3.05) is 25.1 Å². The Morgan fingerprint density at radius 3 is 2.61 bits per heavy atom. The maximum absolute atomic E-state index is 12.9. The molecule has 1 atom stereocenters. The number of carbonyl (C=O) groups excluding carboxylic acids is 1. The fourth-order valence-electron chi connectivity index (χ4n) is 4.19. The number of aryl methyl sites for hydroxylation is 2. The van der Waals surface area contributed by atoms with Crippen LogP contribution in [0.2, 0.25) is 0 Å². The van der Waals surface area contributed by atoms with Crippen LogP contribution in [0.25, 0.3) is 10.9 Å². The molecule has 1 fully saturated rings. The number of piperidine rings is 1. The van der Waals surface area contributed by atoms with Gasteiger partial charge < -0.3 is 15.0 Å². The Morgan fingerprint density at radius 1 is 1.26 bits per heavy atom. The normalized spacial score (nSPS) is 15.8. The van der Waals surface area contributed by atoms with Crippen LogP contribution in [0.15, 0.2) is 29.6 Å². The standard InChI is InChI=1S/C24H30N4O2S/c1-5-21-26-20-14-31-16(3)22(20)23(27-21)28-12-10-18(11-13-28)24(29)25-15(2)17-6-8-19(30-4)9-7-17/h6-9,14-15,18H,5,10-13H2,1-4H3,(H,25,29)/t15-/m0/s1. The van der Waals surface area contributed by atoms with Crippen molar-refractivity contribution in [3.8, 4) is 5.75 Å². The highest BCUT2D eigenvalue weighted by Crippen LogP contribution is 2.33. The summed E-state index contributed by atoms with van der Waals surface area (Å²) in [6, 6.07) is 7.83. The number of fused-ring (bicyclic) bond motifs is 1. The van der Waals surface area contributed by atoms with Gasteiger partial charge in [0.2, 0.25) is 5.91 Å².